The molecule has 2 fully saturated rings. The van der Waals surface area contributed by atoms with E-state index in [4.69, 9.17) is 11.6 Å². The molecular weight excluding hydrogens is 448 g/mol. The highest BCUT2D eigenvalue weighted by molar-refractivity contribution is 6.35. The molecule has 1 aliphatic carbocycles. The molecule has 1 aliphatic heterocycles. The summed E-state index contributed by atoms with van der Waals surface area (Å²) in [4.78, 5) is 30.9. The lowest BCUT2D eigenvalue weighted by atomic mass is 9.94. The summed E-state index contributed by atoms with van der Waals surface area (Å²) >= 11 is 6.10. The lowest BCUT2D eigenvalue weighted by Crippen LogP contribution is -2.41. The summed E-state index contributed by atoms with van der Waals surface area (Å²) in [5.74, 6) is -0.314. The minimum atomic E-state index is -0.204. The van der Waals surface area contributed by atoms with Crippen LogP contribution in [0.5, 0.6) is 0 Å². The van der Waals surface area contributed by atoms with Crippen LogP contribution in [0, 0.1) is 0 Å². The van der Waals surface area contributed by atoms with Crippen molar-refractivity contribution in [3.8, 4) is 0 Å². The van der Waals surface area contributed by atoms with Crippen LogP contribution in [-0.2, 0) is 5.41 Å². The molecule has 1 saturated heterocycles. The number of hydrogen-bond acceptors (Lipinski definition) is 3. The average molecular weight is 479 g/mol. The van der Waals surface area contributed by atoms with Crippen molar-refractivity contribution in [3.05, 3.63) is 70.4 Å². The van der Waals surface area contributed by atoms with E-state index in [1.165, 1.54) is 44.3 Å². The van der Waals surface area contributed by atoms with E-state index in [0.29, 0.717) is 22.7 Å². The molecule has 7 heteroatoms. The van der Waals surface area contributed by atoms with Gasteiger partial charge in [0, 0.05) is 52.8 Å². The number of hydrogen-bond donors (Lipinski definition) is 3. The Labute approximate surface area is 205 Å². The summed E-state index contributed by atoms with van der Waals surface area (Å²) in [5.41, 5.74) is 3.63. The lowest BCUT2D eigenvalue weighted by Gasteiger charge is -2.23. The average Bonchev–Trinajstić information content (AvgIpc) is 3.26. The number of H-pyrrole nitrogens is 1. The van der Waals surface area contributed by atoms with E-state index in [9.17, 15) is 9.59 Å². The van der Waals surface area contributed by atoms with Crippen LogP contribution in [0.15, 0.2) is 48.7 Å². The highest BCUT2D eigenvalue weighted by Gasteiger charge is 2.45. The molecule has 0 radical (unpaired) electrons. The molecule has 1 aromatic heterocycles. The molecule has 2 heterocycles. The fourth-order valence-electron chi connectivity index (χ4n) is 4.97. The van der Waals surface area contributed by atoms with E-state index in [-0.39, 0.29) is 23.3 Å². The number of nitrogens with one attached hydrogen (secondary N) is 3. The largest absolute Gasteiger partial charge is 0.360 e. The van der Waals surface area contributed by atoms with Gasteiger partial charge in [-0.3, -0.25) is 9.59 Å². The molecule has 3 aromatic rings. The van der Waals surface area contributed by atoms with Gasteiger partial charge in [-0.1, -0.05) is 29.8 Å². The SMILES string of the molecule is CC(CNC(=O)c1ccc2c(Cl)c[nH]c2c1)NC(=O)c1ccc(C2(CN3CCCC3)CC2)cc1. The molecule has 178 valence electrons. The van der Waals surface area contributed by atoms with Crippen molar-refractivity contribution in [1.82, 2.24) is 20.5 Å². The number of fused-ring (bicyclic) bond motifs is 1. The molecular formula is C27H31ClN4O2. The summed E-state index contributed by atoms with van der Waals surface area (Å²) in [6.45, 7) is 5.79. The van der Waals surface area contributed by atoms with E-state index < -0.39 is 0 Å². The first-order valence-electron chi connectivity index (χ1n) is 12.1. The van der Waals surface area contributed by atoms with Crippen LogP contribution in [0.2, 0.25) is 5.02 Å². The van der Waals surface area contributed by atoms with Crippen LogP contribution in [0.25, 0.3) is 10.9 Å². The number of halogens is 1. The Morgan fingerprint density at radius 3 is 2.47 bits per heavy atom. The second-order valence-corrected chi connectivity index (χ2v) is 10.2. The Morgan fingerprint density at radius 2 is 1.76 bits per heavy atom. The van der Waals surface area contributed by atoms with Crippen LogP contribution in [-0.4, -0.2) is 53.9 Å². The van der Waals surface area contributed by atoms with Crippen molar-refractivity contribution in [3.63, 3.8) is 0 Å². The topological polar surface area (TPSA) is 77.2 Å². The maximum atomic E-state index is 12.7. The van der Waals surface area contributed by atoms with Gasteiger partial charge in [0.1, 0.15) is 0 Å². The zero-order valence-corrected chi connectivity index (χ0v) is 20.3. The zero-order chi connectivity index (χ0) is 23.7. The normalized spacial score (nSPS) is 18.1. The van der Waals surface area contributed by atoms with Gasteiger partial charge >= 0.3 is 0 Å². The molecule has 5 rings (SSSR count). The summed E-state index contributed by atoms with van der Waals surface area (Å²) in [6.07, 6.45) is 6.79. The van der Waals surface area contributed by atoms with Gasteiger partial charge in [0.25, 0.3) is 11.8 Å². The highest BCUT2D eigenvalue weighted by Crippen LogP contribution is 2.49. The second kappa shape index (κ2) is 9.43. The summed E-state index contributed by atoms with van der Waals surface area (Å²) < 4.78 is 0. The van der Waals surface area contributed by atoms with Gasteiger partial charge in [0.15, 0.2) is 0 Å². The number of carbonyl (C=O) groups is 2. The molecule has 1 unspecified atom stereocenters. The van der Waals surface area contributed by atoms with Gasteiger partial charge in [0.2, 0.25) is 0 Å². The maximum Gasteiger partial charge on any atom is 0.251 e. The fraction of sp³-hybridized carbons (Fsp3) is 0.407. The molecule has 0 spiro atoms. The molecule has 1 atom stereocenters. The first kappa shape index (κ1) is 22.9. The van der Waals surface area contributed by atoms with Crippen LogP contribution in [0.1, 0.15) is 58.9 Å². The fourth-order valence-corrected chi connectivity index (χ4v) is 5.19. The molecule has 34 heavy (non-hydrogen) atoms. The predicted octanol–water partition coefficient (Wildman–Crippen LogP) is 4.50. The van der Waals surface area contributed by atoms with Gasteiger partial charge < -0.3 is 20.5 Å². The van der Waals surface area contributed by atoms with E-state index in [1.54, 1.807) is 18.3 Å². The van der Waals surface area contributed by atoms with Crippen molar-refractivity contribution in [2.24, 2.45) is 0 Å². The number of aromatic nitrogens is 1. The Hall–Kier alpha value is -2.83. The first-order chi connectivity index (χ1) is 16.4. The molecule has 1 saturated carbocycles. The monoisotopic (exact) mass is 478 g/mol. The highest BCUT2D eigenvalue weighted by atomic mass is 35.5. The number of carbonyl (C=O) groups excluding carboxylic acids is 2. The molecule has 2 aliphatic rings. The first-order valence-corrected chi connectivity index (χ1v) is 12.5. The zero-order valence-electron chi connectivity index (χ0n) is 19.5. The Bertz CT molecular complexity index is 1190. The number of aromatic amines is 1. The molecule has 2 amide bonds. The van der Waals surface area contributed by atoms with Crippen molar-refractivity contribution in [1.29, 1.82) is 0 Å². The quantitative estimate of drug-likeness (QED) is 0.446. The van der Waals surface area contributed by atoms with Crippen LogP contribution in [0.3, 0.4) is 0 Å². The van der Waals surface area contributed by atoms with E-state index in [0.717, 1.165) is 17.4 Å². The van der Waals surface area contributed by atoms with Crippen molar-refractivity contribution in [2.75, 3.05) is 26.2 Å². The lowest BCUT2D eigenvalue weighted by molar-refractivity contribution is 0.0912. The number of likely N-dealkylation sites (tertiary alicyclic amines) is 1. The van der Waals surface area contributed by atoms with Gasteiger partial charge in [-0.25, -0.2) is 0 Å². The maximum absolute atomic E-state index is 12.7. The molecule has 3 N–H and O–H groups in total. The van der Waals surface area contributed by atoms with Crippen LogP contribution >= 0.6 is 11.6 Å². The van der Waals surface area contributed by atoms with Gasteiger partial charge in [-0.15, -0.1) is 0 Å². The minimum Gasteiger partial charge on any atom is -0.360 e. The minimum absolute atomic E-state index is 0.125. The van der Waals surface area contributed by atoms with Crippen molar-refractivity contribution < 1.29 is 9.59 Å². The van der Waals surface area contributed by atoms with E-state index in [1.807, 2.05) is 25.1 Å². The Kier molecular flexibility index (Phi) is 6.36. The van der Waals surface area contributed by atoms with Crippen molar-refractivity contribution >= 4 is 34.3 Å². The van der Waals surface area contributed by atoms with Crippen LogP contribution < -0.4 is 10.6 Å². The van der Waals surface area contributed by atoms with Gasteiger partial charge in [-0.05, 0) is 75.5 Å². The Balaban J connectivity index is 1.13. The predicted molar refractivity (Wildman–Crippen MR) is 136 cm³/mol. The summed E-state index contributed by atoms with van der Waals surface area (Å²) in [6, 6.07) is 13.2. The summed E-state index contributed by atoms with van der Waals surface area (Å²) in [5, 5.41) is 7.39. The summed E-state index contributed by atoms with van der Waals surface area (Å²) in [7, 11) is 0. The number of benzene rings is 2. The van der Waals surface area contributed by atoms with Gasteiger partial charge in [0.05, 0.1) is 5.02 Å². The van der Waals surface area contributed by atoms with E-state index >= 15 is 0 Å². The van der Waals surface area contributed by atoms with Gasteiger partial charge in [-0.2, -0.15) is 0 Å². The molecule has 0 bridgehead atoms. The smallest absolute Gasteiger partial charge is 0.251 e. The number of amides is 2. The molecule has 2 aromatic carbocycles. The third-order valence-corrected chi connectivity index (χ3v) is 7.49. The third-order valence-electron chi connectivity index (χ3n) is 7.18. The van der Waals surface area contributed by atoms with Crippen LogP contribution in [0.4, 0.5) is 0 Å². The Morgan fingerprint density at radius 1 is 1.06 bits per heavy atom. The number of rotatable bonds is 8. The van der Waals surface area contributed by atoms with Crippen molar-refractivity contribution in [2.45, 2.75) is 44.1 Å². The third kappa shape index (κ3) is 4.84. The standard InChI is InChI=1S/C27H31ClN4O2/c1-18(15-30-25(33)20-6-9-22-23(28)16-29-24(22)14-20)31-26(34)19-4-7-21(8-5-19)27(10-11-27)17-32-12-2-3-13-32/h4-9,14,16,18,29H,2-3,10-13,15,17H2,1H3,(H,30,33)(H,31,34). The molecule has 6 nitrogen and oxygen atoms in total. The number of nitrogens with zero attached hydrogens (tertiary/aromatic N) is 1. The van der Waals surface area contributed by atoms with E-state index in [2.05, 4.69) is 32.7 Å². The second-order valence-electron chi connectivity index (χ2n) is 9.82.